The minimum Gasteiger partial charge on any atom is -0.453 e. The lowest BCUT2D eigenvalue weighted by Crippen LogP contribution is -2.38. The fourth-order valence-corrected chi connectivity index (χ4v) is 1.37. The van der Waals surface area contributed by atoms with Crippen LogP contribution in [0.3, 0.4) is 0 Å². The van der Waals surface area contributed by atoms with Gasteiger partial charge in [-0.25, -0.2) is 4.79 Å². The summed E-state index contributed by atoms with van der Waals surface area (Å²) in [7, 11) is 0. The van der Waals surface area contributed by atoms with Crippen molar-refractivity contribution in [1.82, 2.24) is 4.90 Å². The Morgan fingerprint density at radius 1 is 1.14 bits per heavy atom. The van der Waals surface area contributed by atoms with Crippen LogP contribution >= 0.6 is 0 Å². The lowest BCUT2D eigenvalue weighted by molar-refractivity contribution is -0.167. The van der Waals surface area contributed by atoms with Gasteiger partial charge in [-0.2, -0.15) is 0 Å². The standard InChI is InChI=1S/C10H17NO3/c1-10(2,3)14-9(13)8(12)11-6-4-5-7-11/h4-7H2,1-3H3. The minimum absolute atomic E-state index is 0.502. The third-order valence-electron chi connectivity index (χ3n) is 1.97. The SMILES string of the molecule is CC(C)(C)OC(=O)C(=O)N1CCCC1. The van der Waals surface area contributed by atoms with E-state index in [0.29, 0.717) is 13.1 Å². The van der Waals surface area contributed by atoms with Crippen molar-refractivity contribution in [3.05, 3.63) is 0 Å². The van der Waals surface area contributed by atoms with Gasteiger partial charge in [0, 0.05) is 13.1 Å². The molecule has 1 heterocycles. The van der Waals surface area contributed by atoms with Crippen LogP contribution in [0.15, 0.2) is 0 Å². The van der Waals surface area contributed by atoms with Crippen molar-refractivity contribution in [1.29, 1.82) is 0 Å². The number of likely N-dealkylation sites (tertiary alicyclic amines) is 1. The number of amides is 1. The highest BCUT2D eigenvalue weighted by Gasteiger charge is 2.28. The van der Waals surface area contributed by atoms with Gasteiger partial charge in [0.05, 0.1) is 0 Å². The molecule has 0 N–H and O–H groups in total. The maximum Gasteiger partial charge on any atom is 0.397 e. The van der Waals surface area contributed by atoms with E-state index in [1.54, 1.807) is 25.7 Å². The molecular formula is C10H17NO3. The van der Waals surface area contributed by atoms with Gasteiger partial charge in [0.1, 0.15) is 5.60 Å². The first-order chi connectivity index (χ1) is 6.40. The summed E-state index contributed by atoms with van der Waals surface area (Å²) in [6, 6.07) is 0. The molecule has 0 aromatic rings. The molecule has 0 saturated carbocycles. The zero-order valence-corrected chi connectivity index (χ0v) is 9.00. The predicted octanol–water partition coefficient (Wildman–Crippen LogP) is 0.950. The van der Waals surface area contributed by atoms with Crippen LogP contribution in [0.25, 0.3) is 0 Å². The summed E-state index contributed by atoms with van der Waals surface area (Å²) < 4.78 is 4.98. The molecule has 80 valence electrons. The zero-order chi connectivity index (χ0) is 10.8. The zero-order valence-electron chi connectivity index (χ0n) is 9.00. The number of carbonyl (C=O) groups is 2. The van der Waals surface area contributed by atoms with Crippen molar-refractivity contribution in [2.75, 3.05) is 13.1 Å². The van der Waals surface area contributed by atoms with Crippen LogP contribution < -0.4 is 0 Å². The van der Waals surface area contributed by atoms with Gasteiger partial charge in [0.25, 0.3) is 0 Å². The highest BCUT2D eigenvalue weighted by Crippen LogP contribution is 2.11. The van der Waals surface area contributed by atoms with Crippen molar-refractivity contribution in [2.45, 2.75) is 39.2 Å². The van der Waals surface area contributed by atoms with Crippen LogP contribution in [0.2, 0.25) is 0 Å². The summed E-state index contributed by atoms with van der Waals surface area (Å²) >= 11 is 0. The molecule has 1 rings (SSSR count). The third-order valence-corrected chi connectivity index (χ3v) is 1.97. The first-order valence-electron chi connectivity index (χ1n) is 4.92. The van der Waals surface area contributed by atoms with Crippen LogP contribution in [-0.2, 0) is 14.3 Å². The Morgan fingerprint density at radius 3 is 2.07 bits per heavy atom. The van der Waals surface area contributed by atoms with E-state index in [1.807, 2.05) is 0 Å². The average Bonchev–Trinajstić information content (AvgIpc) is 2.51. The van der Waals surface area contributed by atoms with E-state index < -0.39 is 17.5 Å². The fraction of sp³-hybridized carbons (Fsp3) is 0.800. The van der Waals surface area contributed by atoms with Crippen molar-refractivity contribution in [3.8, 4) is 0 Å². The summed E-state index contributed by atoms with van der Waals surface area (Å²) in [5, 5.41) is 0. The monoisotopic (exact) mass is 199 g/mol. The van der Waals surface area contributed by atoms with Gasteiger partial charge in [0.15, 0.2) is 0 Å². The molecule has 14 heavy (non-hydrogen) atoms. The van der Waals surface area contributed by atoms with Crippen LogP contribution in [-0.4, -0.2) is 35.5 Å². The lowest BCUT2D eigenvalue weighted by atomic mass is 10.2. The molecule has 0 radical (unpaired) electrons. The highest BCUT2D eigenvalue weighted by atomic mass is 16.6. The van der Waals surface area contributed by atoms with Crippen molar-refractivity contribution < 1.29 is 14.3 Å². The van der Waals surface area contributed by atoms with Gasteiger partial charge in [-0.05, 0) is 33.6 Å². The van der Waals surface area contributed by atoms with Crippen molar-refractivity contribution in [3.63, 3.8) is 0 Å². The Balaban J connectivity index is 2.48. The van der Waals surface area contributed by atoms with Gasteiger partial charge in [-0.1, -0.05) is 0 Å². The third kappa shape index (κ3) is 3.01. The molecule has 0 spiro atoms. The van der Waals surface area contributed by atoms with E-state index in [9.17, 15) is 9.59 Å². The van der Waals surface area contributed by atoms with Gasteiger partial charge >= 0.3 is 11.9 Å². The van der Waals surface area contributed by atoms with Gasteiger partial charge in [0.2, 0.25) is 0 Å². The van der Waals surface area contributed by atoms with Crippen molar-refractivity contribution in [2.24, 2.45) is 0 Å². The van der Waals surface area contributed by atoms with E-state index in [1.165, 1.54) is 0 Å². The second-order valence-corrected chi connectivity index (χ2v) is 4.50. The molecule has 0 atom stereocenters. The minimum atomic E-state index is -0.737. The second kappa shape index (κ2) is 3.98. The summed E-state index contributed by atoms with van der Waals surface area (Å²) in [4.78, 5) is 24.4. The van der Waals surface area contributed by atoms with E-state index in [2.05, 4.69) is 0 Å². The van der Waals surface area contributed by atoms with Crippen LogP contribution in [0, 0.1) is 0 Å². The molecule has 4 nitrogen and oxygen atoms in total. The quantitative estimate of drug-likeness (QED) is 0.431. The summed E-state index contributed by atoms with van der Waals surface area (Å²) in [6.45, 7) is 6.61. The van der Waals surface area contributed by atoms with E-state index >= 15 is 0 Å². The number of ether oxygens (including phenoxy) is 1. The maximum absolute atomic E-state index is 11.5. The molecule has 1 amide bonds. The summed E-state index contributed by atoms with van der Waals surface area (Å²) in [5.74, 6) is -1.24. The summed E-state index contributed by atoms with van der Waals surface area (Å²) in [6.07, 6.45) is 1.96. The lowest BCUT2D eigenvalue weighted by Gasteiger charge is -2.21. The normalized spacial score (nSPS) is 16.9. The molecule has 4 heteroatoms. The molecule has 1 saturated heterocycles. The molecular weight excluding hydrogens is 182 g/mol. The molecule has 1 aliphatic heterocycles. The van der Waals surface area contributed by atoms with E-state index in [4.69, 9.17) is 4.74 Å². The Hall–Kier alpha value is -1.06. The average molecular weight is 199 g/mol. The molecule has 1 aliphatic rings. The number of hydrogen-bond donors (Lipinski definition) is 0. The number of esters is 1. The van der Waals surface area contributed by atoms with Crippen LogP contribution in [0.5, 0.6) is 0 Å². The van der Waals surface area contributed by atoms with Crippen molar-refractivity contribution >= 4 is 11.9 Å². The Bertz CT molecular complexity index is 236. The molecule has 1 fully saturated rings. The highest BCUT2D eigenvalue weighted by molar-refractivity contribution is 6.32. The number of nitrogens with zero attached hydrogens (tertiary/aromatic N) is 1. The number of hydrogen-bond acceptors (Lipinski definition) is 3. The predicted molar refractivity (Wildman–Crippen MR) is 51.7 cm³/mol. The van der Waals surface area contributed by atoms with Gasteiger partial charge in [-0.15, -0.1) is 0 Å². The smallest absolute Gasteiger partial charge is 0.397 e. The molecule has 0 aliphatic carbocycles. The molecule has 0 bridgehead atoms. The van der Waals surface area contributed by atoms with E-state index in [0.717, 1.165) is 12.8 Å². The number of rotatable bonds is 0. The first kappa shape index (κ1) is 11.0. The second-order valence-electron chi connectivity index (χ2n) is 4.50. The van der Waals surface area contributed by atoms with Crippen LogP contribution in [0.4, 0.5) is 0 Å². The summed E-state index contributed by atoms with van der Waals surface area (Å²) in [5.41, 5.74) is -0.591. The Labute approximate surface area is 84.2 Å². The van der Waals surface area contributed by atoms with Gasteiger partial charge < -0.3 is 9.64 Å². The number of carbonyl (C=O) groups excluding carboxylic acids is 2. The molecule has 0 unspecified atom stereocenters. The topological polar surface area (TPSA) is 46.6 Å². The van der Waals surface area contributed by atoms with E-state index in [-0.39, 0.29) is 0 Å². The Kier molecular flexibility index (Phi) is 3.13. The fourth-order valence-electron chi connectivity index (χ4n) is 1.37. The molecule has 0 aromatic carbocycles. The molecule has 0 aromatic heterocycles. The largest absolute Gasteiger partial charge is 0.453 e. The van der Waals surface area contributed by atoms with Crippen LogP contribution in [0.1, 0.15) is 33.6 Å². The maximum atomic E-state index is 11.5. The Morgan fingerprint density at radius 2 is 1.64 bits per heavy atom. The first-order valence-corrected chi connectivity index (χ1v) is 4.92. The van der Waals surface area contributed by atoms with Gasteiger partial charge in [-0.3, -0.25) is 4.79 Å².